The van der Waals surface area contributed by atoms with Gasteiger partial charge in [0.15, 0.2) is 0 Å². The Bertz CT molecular complexity index is 207. The van der Waals surface area contributed by atoms with E-state index in [2.05, 4.69) is 0 Å². The number of hydrogen-bond acceptors (Lipinski definition) is 3. The SMILES string of the molecule is O=C1CC(=O)N2CCOCCN12. The van der Waals surface area contributed by atoms with Gasteiger partial charge in [-0.25, -0.2) is 10.0 Å². The van der Waals surface area contributed by atoms with Gasteiger partial charge in [-0.05, 0) is 0 Å². The zero-order chi connectivity index (χ0) is 8.55. The summed E-state index contributed by atoms with van der Waals surface area (Å²) in [6, 6.07) is 0. The first kappa shape index (κ1) is 7.54. The van der Waals surface area contributed by atoms with Crippen LogP contribution in [0.3, 0.4) is 0 Å². The molecule has 0 saturated carbocycles. The van der Waals surface area contributed by atoms with Crippen LogP contribution < -0.4 is 0 Å². The molecular weight excluding hydrogens is 160 g/mol. The molecular formula is C7H10N2O3. The lowest BCUT2D eigenvalue weighted by molar-refractivity contribution is -0.145. The zero-order valence-electron chi connectivity index (χ0n) is 6.65. The van der Waals surface area contributed by atoms with Crippen molar-refractivity contribution in [3.05, 3.63) is 0 Å². The molecule has 0 aromatic carbocycles. The molecule has 0 spiro atoms. The number of hydrogen-bond donors (Lipinski definition) is 0. The van der Waals surface area contributed by atoms with Crippen molar-refractivity contribution in [2.75, 3.05) is 26.3 Å². The van der Waals surface area contributed by atoms with E-state index < -0.39 is 0 Å². The summed E-state index contributed by atoms with van der Waals surface area (Å²) in [6.07, 6.45) is 0.0278. The third-order valence-corrected chi connectivity index (χ3v) is 2.06. The predicted octanol–water partition coefficient (Wildman–Crippen LogP) is -1.01. The van der Waals surface area contributed by atoms with E-state index in [1.165, 1.54) is 10.0 Å². The molecule has 2 rings (SSSR count). The second kappa shape index (κ2) is 2.75. The Morgan fingerprint density at radius 2 is 1.50 bits per heavy atom. The molecule has 0 N–H and O–H groups in total. The van der Waals surface area contributed by atoms with Crippen LogP contribution in [0.15, 0.2) is 0 Å². The molecule has 12 heavy (non-hydrogen) atoms. The van der Waals surface area contributed by atoms with Crippen molar-refractivity contribution in [3.63, 3.8) is 0 Å². The fourth-order valence-corrected chi connectivity index (χ4v) is 1.48. The zero-order valence-corrected chi connectivity index (χ0v) is 6.65. The van der Waals surface area contributed by atoms with Crippen LogP contribution in [0.4, 0.5) is 0 Å². The van der Waals surface area contributed by atoms with Crippen molar-refractivity contribution in [2.45, 2.75) is 6.42 Å². The molecule has 2 aliphatic heterocycles. The molecule has 0 atom stereocenters. The van der Waals surface area contributed by atoms with Crippen molar-refractivity contribution >= 4 is 11.8 Å². The number of ether oxygens (including phenoxy) is 1. The van der Waals surface area contributed by atoms with E-state index in [-0.39, 0.29) is 18.2 Å². The number of rotatable bonds is 0. The minimum atomic E-state index is -0.106. The van der Waals surface area contributed by atoms with Gasteiger partial charge in [0.05, 0.1) is 26.3 Å². The number of hydrazine groups is 1. The van der Waals surface area contributed by atoms with Gasteiger partial charge in [0.1, 0.15) is 6.42 Å². The van der Waals surface area contributed by atoms with Gasteiger partial charge < -0.3 is 4.74 Å². The molecule has 2 aliphatic rings. The fraction of sp³-hybridized carbons (Fsp3) is 0.714. The minimum Gasteiger partial charge on any atom is -0.378 e. The van der Waals surface area contributed by atoms with E-state index in [0.717, 1.165) is 0 Å². The average Bonchev–Trinajstić information content (AvgIpc) is 2.29. The maximum Gasteiger partial charge on any atom is 0.250 e. The molecule has 0 radical (unpaired) electrons. The Kier molecular flexibility index (Phi) is 1.73. The third-order valence-electron chi connectivity index (χ3n) is 2.06. The van der Waals surface area contributed by atoms with Crippen LogP contribution in [-0.2, 0) is 14.3 Å². The average molecular weight is 170 g/mol. The summed E-state index contributed by atoms with van der Waals surface area (Å²) >= 11 is 0. The Morgan fingerprint density at radius 3 is 2.00 bits per heavy atom. The molecule has 0 aliphatic carbocycles. The quantitative estimate of drug-likeness (QED) is 0.438. The highest BCUT2D eigenvalue weighted by atomic mass is 16.5. The topological polar surface area (TPSA) is 49.9 Å². The molecule has 0 aromatic rings. The Morgan fingerprint density at radius 1 is 1.00 bits per heavy atom. The third kappa shape index (κ3) is 1.06. The highest BCUT2D eigenvalue weighted by Gasteiger charge is 2.35. The van der Waals surface area contributed by atoms with Gasteiger partial charge >= 0.3 is 0 Å². The molecule has 66 valence electrons. The van der Waals surface area contributed by atoms with Gasteiger partial charge in [0.2, 0.25) is 0 Å². The monoisotopic (exact) mass is 170 g/mol. The second-order valence-corrected chi connectivity index (χ2v) is 2.82. The summed E-state index contributed by atoms with van der Waals surface area (Å²) in [5.74, 6) is -0.212. The van der Waals surface area contributed by atoms with Crippen molar-refractivity contribution < 1.29 is 14.3 Å². The Labute approximate surface area is 69.8 Å². The van der Waals surface area contributed by atoms with Crippen molar-refractivity contribution in [1.82, 2.24) is 10.0 Å². The van der Waals surface area contributed by atoms with Gasteiger partial charge in [-0.1, -0.05) is 0 Å². The molecule has 5 nitrogen and oxygen atoms in total. The van der Waals surface area contributed by atoms with Crippen molar-refractivity contribution in [3.8, 4) is 0 Å². The summed E-state index contributed by atoms with van der Waals surface area (Å²) in [4.78, 5) is 22.4. The first-order valence-electron chi connectivity index (χ1n) is 3.97. The lowest BCUT2D eigenvalue weighted by Gasteiger charge is -2.23. The van der Waals surface area contributed by atoms with Crippen molar-refractivity contribution in [1.29, 1.82) is 0 Å². The van der Waals surface area contributed by atoms with E-state index >= 15 is 0 Å². The molecule has 2 fully saturated rings. The van der Waals surface area contributed by atoms with Crippen LogP contribution >= 0.6 is 0 Å². The summed E-state index contributed by atoms with van der Waals surface area (Å²) < 4.78 is 5.14. The molecule has 2 heterocycles. The number of nitrogens with zero attached hydrogens (tertiary/aromatic N) is 2. The van der Waals surface area contributed by atoms with Crippen LogP contribution in [0.5, 0.6) is 0 Å². The minimum absolute atomic E-state index is 0.0278. The summed E-state index contributed by atoms with van der Waals surface area (Å²) in [6.45, 7) is 2.06. The van der Waals surface area contributed by atoms with Gasteiger partial charge in [-0.15, -0.1) is 0 Å². The maximum absolute atomic E-state index is 11.2. The number of fused-ring (bicyclic) bond motifs is 1. The Hall–Kier alpha value is -1.10. The van der Waals surface area contributed by atoms with Crippen LogP contribution in [0.2, 0.25) is 0 Å². The first-order chi connectivity index (χ1) is 5.79. The first-order valence-corrected chi connectivity index (χ1v) is 3.97. The molecule has 0 bridgehead atoms. The smallest absolute Gasteiger partial charge is 0.250 e. The molecule has 2 saturated heterocycles. The van der Waals surface area contributed by atoms with E-state index in [9.17, 15) is 9.59 Å². The standard InChI is InChI=1S/C7H10N2O3/c10-6-5-7(11)9-2-4-12-3-1-8(6)9/h1-5H2. The van der Waals surface area contributed by atoms with Gasteiger partial charge in [0.25, 0.3) is 11.8 Å². The van der Waals surface area contributed by atoms with E-state index in [1.54, 1.807) is 0 Å². The molecule has 5 heteroatoms. The Balaban J connectivity index is 2.17. The predicted molar refractivity (Wildman–Crippen MR) is 38.9 cm³/mol. The van der Waals surface area contributed by atoms with Crippen LogP contribution in [-0.4, -0.2) is 48.1 Å². The normalized spacial score (nSPS) is 24.3. The van der Waals surface area contributed by atoms with Gasteiger partial charge in [-0.2, -0.15) is 0 Å². The van der Waals surface area contributed by atoms with Crippen molar-refractivity contribution in [2.24, 2.45) is 0 Å². The number of carbonyl (C=O) groups excluding carboxylic acids is 2. The summed E-state index contributed by atoms with van der Waals surface area (Å²) in [7, 11) is 0. The van der Waals surface area contributed by atoms with Gasteiger partial charge in [0, 0.05) is 0 Å². The summed E-state index contributed by atoms with van der Waals surface area (Å²) in [5.41, 5.74) is 0. The van der Waals surface area contributed by atoms with Crippen LogP contribution in [0, 0.1) is 0 Å². The van der Waals surface area contributed by atoms with E-state index in [1.807, 2.05) is 0 Å². The highest BCUT2D eigenvalue weighted by molar-refractivity contribution is 6.02. The lowest BCUT2D eigenvalue weighted by atomic mass is 10.4. The van der Waals surface area contributed by atoms with Crippen LogP contribution in [0.1, 0.15) is 6.42 Å². The fourth-order valence-electron chi connectivity index (χ4n) is 1.48. The van der Waals surface area contributed by atoms with Gasteiger partial charge in [-0.3, -0.25) is 9.59 Å². The lowest BCUT2D eigenvalue weighted by Crippen LogP contribution is -2.41. The molecule has 2 amide bonds. The second-order valence-electron chi connectivity index (χ2n) is 2.82. The number of carbonyl (C=O) groups is 2. The summed E-state index contributed by atoms with van der Waals surface area (Å²) in [5, 5.41) is 2.96. The van der Waals surface area contributed by atoms with Crippen LogP contribution in [0.25, 0.3) is 0 Å². The highest BCUT2D eigenvalue weighted by Crippen LogP contribution is 2.14. The molecule has 0 aromatic heterocycles. The van der Waals surface area contributed by atoms with E-state index in [0.29, 0.717) is 26.3 Å². The largest absolute Gasteiger partial charge is 0.378 e. The maximum atomic E-state index is 11.2. The molecule has 0 unspecified atom stereocenters. The number of amides is 2. The van der Waals surface area contributed by atoms with E-state index in [4.69, 9.17) is 4.74 Å².